The minimum absolute atomic E-state index is 0.508. The van der Waals surface area contributed by atoms with Gasteiger partial charge in [-0.3, -0.25) is 0 Å². The van der Waals surface area contributed by atoms with Gasteiger partial charge in [-0.25, -0.2) is 14.7 Å². The third-order valence-corrected chi connectivity index (χ3v) is 7.90. The van der Waals surface area contributed by atoms with Gasteiger partial charge in [0.05, 0.1) is 25.6 Å². The monoisotopic (exact) mass is 604 g/mol. The van der Waals surface area contributed by atoms with Gasteiger partial charge in [-0.05, 0) is 87.7 Å². The van der Waals surface area contributed by atoms with E-state index in [4.69, 9.17) is 19.5 Å². The van der Waals surface area contributed by atoms with Gasteiger partial charge in [0.25, 0.3) is 5.96 Å². The van der Waals surface area contributed by atoms with Crippen LogP contribution in [-0.2, 0) is 0 Å². The van der Waals surface area contributed by atoms with E-state index in [1.165, 1.54) is 16.8 Å². The summed E-state index contributed by atoms with van der Waals surface area (Å²) in [4.78, 5) is 14.8. The highest BCUT2D eigenvalue weighted by Crippen LogP contribution is 2.32. The van der Waals surface area contributed by atoms with Gasteiger partial charge >= 0.3 is 0 Å². The second-order valence-electron chi connectivity index (χ2n) is 11.6. The molecule has 8 heteroatoms. The van der Waals surface area contributed by atoms with Gasteiger partial charge in [0.1, 0.15) is 17.2 Å². The topological polar surface area (TPSA) is 67.5 Å². The molecule has 5 rings (SSSR count). The number of hydrogen-bond donors (Lipinski definition) is 0. The zero-order chi connectivity index (χ0) is 32.1. The molecular formula is C37H44N6O2. The molecule has 3 heterocycles. The Morgan fingerprint density at radius 3 is 2.40 bits per heavy atom. The molecule has 2 aliphatic rings. The van der Waals surface area contributed by atoms with Crippen molar-refractivity contribution in [3.05, 3.63) is 112 Å². The van der Waals surface area contributed by atoms with Crippen LogP contribution in [0.5, 0.6) is 11.5 Å². The maximum atomic E-state index is 5.79. The molecule has 1 aromatic heterocycles. The predicted octanol–water partition coefficient (Wildman–Crippen LogP) is 7.32. The molecule has 2 aliphatic heterocycles. The molecule has 234 valence electrons. The van der Waals surface area contributed by atoms with Crippen molar-refractivity contribution in [3.8, 4) is 11.5 Å². The molecule has 0 fully saturated rings. The van der Waals surface area contributed by atoms with Gasteiger partial charge in [-0.1, -0.05) is 38.1 Å². The fourth-order valence-corrected chi connectivity index (χ4v) is 5.72. The van der Waals surface area contributed by atoms with Crippen LogP contribution >= 0.6 is 0 Å². The highest BCUT2D eigenvalue weighted by Gasteiger charge is 2.25. The third kappa shape index (κ3) is 6.80. The van der Waals surface area contributed by atoms with E-state index in [9.17, 15) is 0 Å². The van der Waals surface area contributed by atoms with Crippen molar-refractivity contribution in [3.63, 3.8) is 0 Å². The number of aromatic nitrogens is 2. The number of allylic oxidation sites excluding steroid dienone is 4. The van der Waals surface area contributed by atoms with Crippen LogP contribution in [-0.4, -0.2) is 65.1 Å². The Labute approximate surface area is 267 Å². The summed E-state index contributed by atoms with van der Waals surface area (Å²) in [6.45, 7) is 15.4. The Hall–Kier alpha value is -4.85. The fourth-order valence-electron chi connectivity index (χ4n) is 5.72. The first-order valence-electron chi connectivity index (χ1n) is 15.6. The number of fused-ring (bicyclic) bond motifs is 1. The molecule has 8 nitrogen and oxygen atoms in total. The molecule has 0 saturated carbocycles. The lowest BCUT2D eigenvalue weighted by Gasteiger charge is -2.30. The molecule has 0 N–H and O–H groups in total. The minimum atomic E-state index is 0.508. The second-order valence-corrected chi connectivity index (χ2v) is 11.6. The van der Waals surface area contributed by atoms with Crippen LogP contribution < -0.4 is 9.47 Å². The molecule has 0 amide bonds. The zero-order valence-corrected chi connectivity index (χ0v) is 27.7. The largest absolute Gasteiger partial charge is 0.497 e. The van der Waals surface area contributed by atoms with Crippen molar-refractivity contribution >= 4 is 23.4 Å². The standard InChI is InChI=1S/C37H44N6O2/c1-9-41(10-2)29(15-17-34-31-14-12-11-13-28(31)19-20-42(34)24-25(3)4)22-33-36(32-23-30(44-7)16-18-35(32)45-8)39-37(38-33)43-27(6)21-26(5)40-43/h11-23,25H,9-10,24H2,1-8H3/b29-15+,33-22-,34-17+. The molecule has 0 unspecified atom stereocenters. The SMILES string of the molecule is CCN(CC)C(/C=C1\N=C(n2nc(C)cc2C)N=C1c1cc(OC)ccc1OC)=C/C=C1\c2ccccc2C=CN1CC(C)C. The van der Waals surface area contributed by atoms with E-state index in [-0.39, 0.29) is 0 Å². The lowest BCUT2D eigenvalue weighted by atomic mass is 9.99. The Morgan fingerprint density at radius 1 is 0.956 bits per heavy atom. The average molecular weight is 605 g/mol. The van der Waals surface area contributed by atoms with E-state index in [2.05, 4.69) is 97.4 Å². The Balaban J connectivity index is 1.69. The number of aryl methyl sites for hydroxylation is 2. The van der Waals surface area contributed by atoms with Gasteiger partial charge in [0.15, 0.2) is 0 Å². The van der Waals surface area contributed by atoms with E-state index in [1.54, 1.807) is 18.9 Å². The molecule has 0 radical (unpaired) electrons. The molecule has 0 aliphatic carbocycles. The summed E-state index contributed by atoms with van der Waals surface area (Å²) in [7, 11) is 3.33. The molecule has 45 heavy (non-hydrogen) atoms. The number of likely N-dealkylation sites (N-methyl/N-ethyl adjacent to an activating group) is 1. The lowest BCUT2D eigenvalue weighted by molar-refractivity contribution is 0.394. The summed E-state index contributed by atoms with van der Waals surface area (Å²) < 4.78 is 13.2. The van der Waals surface area contributed by atoms with Gasteiger partial charge in [-0.15, -0.1) is 0 Å². The van der Waals surface area contributed by atoms with Crippen molar-refractivity contribution in [2.75, 3.05) is 33.9 Å². The van der Waals surface area contributed by atoms with E-state index in [0.717, 1.165) is 48.0 Å². The maximum Gasteiger partial charge on any atom is 0.252 e. The van der Waals surface area contributed by atoms with Crippen molar-refractivity contribution in [1.82, 2.24) is 19.6 Å². The maximum absolute atomic E-state index is 5.79. The Kier molecular flexibility index (Phi) is 9.71. The normalized spacial score (nSPS) is 16.4. The number of aliphatic imine (C=N–C) groups is 2. The molecule has 0 atom stereocenters. The number of nitrogens with zero attached hydrogens (tertiary/aromatic N) is 6. The lowest BCUT2D eigenvalue weighted by Crippen LogP contribution is -2.24. The van der Waals surface area contributed by atoms with Crippen LogP contribution in [0.2, 0.25) is 0 Å². The van der Waals surface area contributed by atoms with Gasteiger partial charge in [-0.2, -0.15) is 5.10 Å². The predicted molar refractivity (Wildman–Crippen MR) is 185 cm³/mol. The van der Waals surface area contributed by atoms with Crippen LogP contribution in [0, 0.1) is 19.8 Å². The van der Waals surface area contributed by atoms with E-state index < -0.39 is 0 Å². The van der Waals surface area contributed by atoms with E-state index in [0.29, 0.717) is 29.1 Å². The first kappa shape index (κ1) is 31.6. The minimum Gasteiger partial charge on any atom is -0.497 e. The van der Waals surface area contributed by atoms with Crippen LogP contribution in [0.4, 0.5) is 0 Å². The first-order valence-corrected chi connectivity index (χ1v) is 15.6. The molecule has 0 bridgehead atoms. The molecule has 0 spiro atoms. The van der Waals surface area contributed by atoms with Crippen LogP contribution in [0.3, 0.4) is 0 Å². The van der Waals surface area contributed by atoms with Crippen molar-refractivity contribution in [2.24, 2.45) is 15.9 Å². The number of ether oxygens (including phenoxy) is 2. The number of methoxy groups -OCH3 is 2. The molecule has 0 saturated heterocycles. The molecule has 2 aromatic carbocycles. The quantitative estimate of drug-likeness (QED) is 0.243. The molecular weight excluding hydrogens is 560 g/mol. The summed E-state index contributed by atoms with van der Waals surface area (Å²) in [6, 6.07) is 16.3. The van der Waals surface area contributed by atoms with Crippen LogP contribution in [0.1, 0.15) is 55.8 Å². The average Bonchev–Trinajstić information content (AvgIpc) is 3.61. The summed E-state index contributed by atoms with van der Waals surface area (Å²) in [5.74, 6) is 2.42. The first-order chi connectivity index (χ1) is 21.8. The van der Waals surface area contributed by atoms with Gasteiger partial charge in [0.2, 0.25) is 0 Å². The summed E-state index contributed by atoms with van der Waals surface area (Å²) in [5.41, 5.74) is 8.74. The van der Waals surface area contributed by atoms with Crippen molar-refractivity contribution in [2.45, 2.75) is 41.5 Å². The second kappa shape index (κ2) is 13.8. The summed E-state index contributed by atoms with van der Waals surface area (Å²) in [6.07, 6.45) is 11.0. The smallest absolute Gasteiger partial charge is 0.252 e. The van der Waals surface area contributed by atoms with Gasteiger partial charge < -0.3 is 19.3 Å². The molecule has 3 aromatic rings. The van der Waals surface area contributed by atoms with Crippen LogP contribution in [0.25, 0.3) is 11.8 Å². The van der Waals surface area contributed by atoms with E-state index in [1.807, 2.05) is 38.1 Å². The van der Waals surface area contributed by atoms with Gasteiger partial charge in [0, 0.05) is 54.0 Å². The Morgan fingerprint density at radius 2 is 1.73 bits per heavy atom. The summed E-state index contributed by atoms with van der Waals surface area (Å²) in [5, 5.41) is 4.68. The number of rotatable bonds is 10. The van der Waals surface area contributed by atoms with Crippen molar-refractivity contribution < 1.29 is 9.47 Å². The fraction of sp³-hybridized carbons (Fsp3) is 0.324. The zero-order valence-electron chi connectivity index (χ0n) is 27.7. The Bertz CT molecular complexity index is 1730. The number of hydrogen-bond acceptors (Lipinski definition) is 7. The third-order valence-electron chi connectivity index (χ3n) is 7.90. The number of benzene rings is 2. The summed E-state index contributed by atoms with van der Waals surface area (Å²) >= 11 is 0. The van der Waals surface area contributed by atoms with Crippen LogP contribution in [0.15, 0.2) is 94.3 Å². The van der Waals surface area contributed by atoms with E-state index >= 15 is 0 Å². The highest BCUT2D eigenvalue weighted by atomic mass is 16.5. The van der Waals surface area contributed by atoms with Crippen molar-refractivity contribution in [1.29, 1.82) is 0 Å². The highest BCUT2D eigenvalue weighted by molar-refractivity contribution is 6.22.